The first-order chi connectivity index (χ1) is 13.7. The monoisotopic (exact) mass is 394 g/mol. The number of anilines is 2. The molecule has 0 aliphatic carbocycles. The molecule has 3 N–H and O–H groups in total. The van der Waals surface area contributed by atoms with E-state index in [1.54, 1.807) is 38.1 Å². The van der Waals surface area contributed by atoms with Crippen LogP contribution in [0.2, 0.25) is 0 Å². The fourth-order valence-corrected chi connectivity index (χ4v) is 2.39. The van der Waals surface area contributed by atoms with Crippen molar-refractivity contribution in [3.8, 4) is 11.3 Å². The molecule has 2 heterocycles. The number of hydrogen-bond acceptors (Lipinski definition) is 6. The molecule has 9 nitrogen and oxygen atoms in total. The summed E-state index contributed by atoms with van der Waals surface area (Å²) in [5.41, 5.74) is 1.61. The maximum atomic E-state index is 12.4. The van der Waals surface area contributed by atoms with Crippen LogP contribution in [0.5, 0.6) is 0 Å². The highest BCUT2D eigenvalue weighted by Gasteiger charge is 2.13. The zero-order valence-electron chi connectivity index (χ0n) is 16.6. The smallest absolute Gasteiger partial charge is 0.280 e. The van der Waals surface area contributed by atoms with E-state index in [1.807, 2.05) is 13.8 Å². The molecule has 1 aromatic carbocycles. The molecule has 0 radical (unpaired) electrons. The maximum Gasteiger partial charge on any atom is 0.280 e. The van der Waals surface area contributed by atoms with E-state index in [0.29, 0.717) is 11.4 Å². The second-order valence-corrected chi connectivity index (χ2v) is 7.21. The van der Waals surface area contributed by atoms with E-state index < -0.39 is 5.56 Å². The van der Waals surface area contributed by atoms with E-state index in [4.69, 9.17) is 0 Å². The van der Waals surface area contributed by atoms with E-state index in [2.05, 4.69) is 30.6 Å². The zero-order valence-corrected chi connectivity index (χ0v) is 16.6. The molecule has 2 amide bonds. The van der Waals surface area contributed by atoms with Crippen molar-refractivity contribution in [2.45, 2.75) is 27.7 Å². The Balaban J connectivity index is 1.88. The van der Waals surface area contributed by atoms with Crippen molar-refractivity contribution in [1.82, 2.24) is 19.9 Å². The third-order valence-electron chi connectivity index (χ3n) is 4.16. The van der Waals surface area contributed by atoms with Gasteiger partial charge in [-0.05, 0) is 12.1 Å². The first-order valence-corrected chi connectivity index (χ1v) is 9.24. The van der Waals surface area contributed by atoms with E-state index in [1.165, 1.54) is 6.20 Å². The lowest BCUT2D eigenvalue weighted by molar-refractivity contribution is -0.119. The predicted molar refractivity (Wildman–Crippen MR) is 110 cm³/mol. The molecule has 0 atom stereocenters. The predicted octanol–water partition coefficient (Wildman–Crippen LogP) is 2.57. The van der Waals surface area contributed by atoms with Gasteiger partial charge in [0, 0.05) is 23.1 Å². The standard InChI is InChI=1S/C20H22N6O3/c1-10(2)17(27)22-13-7-5-12(6-8-13)14-9-21-16-15(23-14)19(29)26-20(24-16)25-18(28)11(3)4/h5-11H,1-4H3,(H,22,27)(H2,21,24,25,26,28,29). The minimum absolute atomic E-state index is 0.0356. The van der Waals surface area contributed by atoms with Gasteiger partial charge in [-0.15, -0.1) is 0 Å². The molecule has 0 fully saturated rings. The Labute approximate surface area is 167 Å². The van der Waals surface area contributed by atoms with Gasteiger partial charge < -0.3 is 5.32 Å². The molecule has 9 heteroatoms. The van der Waals surface area contributed by atoms with Gasteiger partial charge in [0.2, 0.25) is 17.8 Å². The van der Waals surface area contributed by atoms with Crippen LogP contribution in [-0.2, 0) is 9.59 Å². The van der Waals surface area contributed by atoms with Crippen molar-refractivity contribution < 1.29 is 9.59 Å². The van der Waals surface area contributed by atoms with Crippen LogP contribution in [0.1, 0.15) is 27.7 Å². The van der Waals surface area contributed by atoms with Crippen molar-refractivity contribution >= 4 is 34.6 Å². The van der Waals surface area contributed by atoms with Gasteiger partial charge in [0.05, 0.1) is 11.9 Å². The molecular weight excluding hydrogens is 372 g/mol. The van der Waals surface area contributed by atoms with Crippen LogP contribution in [0.15, 0.2) is 35.3 Å². The average Bonchev–Trinajstić information content (AvgIpc) is 2.68. The molecule has 150 valence electrons. The van der Waals surface area contributed by atoms with Crippen molar-refractivity contribution in [2.75, 3.05) is 10.6 Å². The molecule has 29 heavy (non-hydrogen) atoms. The lowest BCUT2D eigenvalue weighted by atomic mass is 10.1. The number of hydrogen-bond donors (Lipinski definition) is 3. The Hall–Kier alpha value is -3.62. The summed E-state index contributed by atoms with van der Waals surface area (Å²) in [7, 11) is 0. The van der Waals surface area contributed by atoms with Crippen molar-refractivity contribution in [3.05, 3.63) is 40.8 Å². The largest absolute Gasteiger partial charge is 0.326 e. The second-order valence-electron chi connectivity index (χ2n) is 7.21. The number of nitrogens with zero attached hydrogens (tertiary/aromatic N) is 3. The quantitative estimate of drug-likeness (QED) is 0.610. The Morgan fingerprint density at radius 2 is 1.55 bits per heavy atom. The minimum Gasteiger partial charge on any atom is -0.326 e. The van der Waals surface area contributed by atoms with E-state index in [0.717, 1.165) is 5.56 Å². The molecule has 0 saturated heterocycles. The van der Waals surface area contributed by atoms with Crippen LogP contribution >= 0.6 is 0 Å². The molecule has 0 bridgehead atoms. The summed E-state index contributed by atoms with van der Waals surface area (Å²) in [5, 5.41) is 5.36. The van der Waals surface area contributed by atoms with Gasteiger partial charge in [-0.3, -0.25) is 24.7 Å². The average molecular weight is 394 g/mol. The summed E-state index contributed by atoms with van der Waals surface area (Å²) < 4.78 is 0. The Bertz CT molecular complexity index is 1120. The normalized spacial score (nSPS) is 11.1. The van der Waals surface area contributed by atoms with Gasteiger partial charge in [0.1, 0.15) is 0 Å². The Morgan fingerprint density at radius 1 is 0.931 bits per heavy atom. The van der Waals surface area contributed by atoms with Crippen LogP contribution in [0.3, 0.4) is 0 Å². The molecular formula is C20H22N6O3. The number of carbonyl (C=O) groups is 2. The first kappa shape index (κ1) is 20.1. The first-order valence-electron chi connectivity index (χ1n) is 9.24. The van der Waals surface area contributed by atoms with Crippen molar-refractivity contribution in [2.24, 2.45) is 11.8 Å². The van der Waals surface area contributed by atoms with Crippen LogP contribution < -0.4 is 16.2 Å². The van der Waals surface area contributed by atoms with Crippen LogP contribution in [0, 0.1) is 11.8 Å². The number of aromatic amines is 1. The topological polar surface area (TPSA) is 130 Å². The van der Waals surface area contributed by atoms with E-state index in [-0.39, 0.29) is 40.8 Å². The SMILES string of the molecule is CC(C)C(=O)Nc1ccc(-c2cnc3nc(NC(=O)C(C)C)[nH]c(=O)c3n2)cc1. The third-order valence-corrected chi connectivity index (χ3v) is 4.16. The van der Waals surface area contributed by atoms with Gasteiger partial charge in [0.25, 0.3) is 5.56 Å². The molecule has 0 aliphatic rings. The molecule has 3 rings (SSSR count). The summed E-state index contributed by atoms with van der Waals surface area (Å²) in [5.74, 6) is -0.662. The number of carbonyl (C=O) groups excluding carboxylic acids is 2. The lowest BCUT2D eigenvalue weighted by Crippen LogP contribution is -2.22. The summed E-state index contributed by atoms with van der Waals surface area (Å²) in [6, 6.07) is 7.08. The third kappa shape index (κ3) is 4.63. The van der Waals surface area contributed by atoms with Gasteiger partial charge in [-0.25, -0.2) is 9.97 Å². The highest BCUT2D eigenvalue weighted by molar-refractivity contribution is 5.92. The molecule has 3 aromatic rings. The van der Waals surface area contributed by atoms with Gasteiger partial charge in [-0.1, -0.05) is 39.8 Å². The fourth-order valence-electron chi connectivity index (χ4n) is 2.39. The van der Waals surface area contributed by atoms with Crippen molar-refractivity contribution in [3.63, 3.8) is 0 Å². The molecule has 2 aromatic heterocycles. The number of rotatable bonds is 5. The number of H-pyrrole nitrogens is 1. The number of benzene rings is 1. The number of aromatic nitrogens is 4. The van der Waals surface area contributed by atoms with Crippen LogP contribution in [0.4, 0.5) is 11.6 Å². The van der Waals surface area contributed by atoms with Crippen LogP contribution in [-0.4, -0.2) is 31.8 Å². The minimum atomic E-state index is -0.496. The molecule has 0 aliphatic heterocycles. The summed E-state index contributed by atoms with van der Waals surface area (Å²) in [6.07, 6.45) is 1.50. The Morgan fingerprint density at radius 3 is 2.17 bits per heavy atom. The zero-order chi connectivity index (χ0) is 21.1. The fraction of sp³-hybridized carbons (Fsp3) is 0.300. The Kier molecular flexibility index (Phi) is 5.67. The van der Waals surface area contributed by atoms with Gasteiger partial charge in [0.15, 0.2) is 11.2 Å². The maximum absolute atomic E-state index is 12.4. The summed E-state index contributed by atoms with van der Waals surface area (Å²) in [6.45, 7) is 7.11. The van der Waals surface area contributed by atoms with E-state index >= 15 is 0 Å². The summed E-state index contributed by atoms with van der Waals surface area (Å²) >= 11 is 0. The molecule has 0 spiro atoms. The number of nitrogens with one attached hydrogen (secondary N) is 3. The second kappa shape index (κ2) is 8.17. The lowest BCUT2D eigenvalue weighted by Gasteiger charge is -2.09. The number of fused-ring (bicyclic) bond motifs is 1. The molecule has 0 unspecified atom stereocenters. The van der Waals surface area contributed by atoms with Gasteiger partial charge >= 0.3 is 0 Å². The highest BCUT2D eigenvalue weighted by Crippen LogP contribution is 2.20. The number of amides is 2. The summed E-state index contributed by atoms with van der Waals surface area (Å²) in [4.78, 5) is 51.2. The van der Waals surface area contributed by atoms with Gasteiger partial charge in [-0.2, -0.15) is 4.98 Å². The van der Waals surface area contributed by atoms with Crippen molar-refractivity contribution in [1.29, 1.82) is 0 Å². The van der Waals surface area contributed by atoms with Crippen LogP contribution in [0.25, 0.3) is 22.4 Å². The molecule has 0 saturated carbocycles. The highest BCUT2D eigenvalue weighted by atomic mass is 16.2. The van der Waals surface area contributed by atoms with E-state index in [9.17, 15) is 14.4 Å².